The lowest BCUT2D eigenvalue weighted by Gasteiger charge is -2.25. The molecular weight excluding hydrogens is 252 g/mol. The fourth-order valence-corrected chi connectivity index (χ4v) is 2.34. The molecule has 2 aromatic rings. The van der Waals surface area contributed by atoms with Gasteiger partial charge in [-0.1, -0.05) is 0 Å². The van der Waals surface area contributed by atoms with E-state index in [9.17, 15) is 0 Å². The topological polar surface area (TPSA) is 66.0 Å². The fraction of sp³-hybridized carbons (Fsp3) is 0.357. The molecule has 3 rings (SSSR count). The molecule has 0 saturated heterocycles. The first-order valence-electron chi connectivity index (χ1n) is 6.68. The number of rotatable bonds is 3. The first kappa shape index (κ1) is 12.8. The average Bonchev–Trinajstić information content (AvgIpc) is 2.49. The standard InChI is InChI=1S/C14H18N6/c1-15-13-4-3-10(7-16-13)19-14-11-8-20(2)6-5-12(11)17-9-18-14/h3-4,7,9H,5-6,8H2,1-2H3,(H,15,16)(H,17,18,19). The van der Waals surface area contributed by atoms with E-state index in [4.69, 9.17) is 0 Å². The molecule has 0 radical (unpaired) electrons. The minimum Gasteiger partial charge on any atom is -0.373 e. The van der Waals surface area contributed by atoms with Gasteiger partial charge in [-0.3, -0.25) is 0 Å². The molecule has 20 heavy (non-hydrogen) atoms. The first-order valence-corrected chi connectivity index (χ1v) is 6.68. The van der Waals surface area contributed by atoms with Crippen molar-refractivity contribution < 1.29 is 0 Å². The van der Waals surface area contributed by atoms with Gasteiger partial charge >= 0.3 is 0 Å². The molecule has 1 aliphatic rings. The Labute approximate surface area is 118 Å². The van der Waals surface area contributed by atoms with E-state index in [1.165, 1.54) is 5.56 Å². The van der Waals surface area contributed by atoms with Crippen LogP contribution in [0.4, 0.5) is 17.3 Å². The van der Waals surface area contributed by atoms with Crippen LogP contribution in [0.25, 0.3) is 0 Å². The number of aromatic nitrogens is 3. The van der Waals surface area contributed by atoms with Gasteiger partial charge in [0.1, 0.15) is 18.0 Å². The van der Waals surface area contributed by atoms with Gasteiger partial charge in [-0.15, -0.1) is 0 Å². The number of fused-ring (bicyclic) bond motifs is 1. The monoisotopic (exact) mass is 270 g/mol. The number of nitrogens with one attached hydrogen (secondary N) is 2. The van der Waals surface area contributed by atoms with Crippen LogP contribution < -0.4 is 10.6 Å². The van der Waals surface area contributed by atoms with Gasteiger partial charge < -0.3 is 15.5 Å². The van der Waals surface area contributed by atoms with Crippen molar-refractivity contribution in [1.82, 2.24) is 19.9 Å². The van der Waals surface area contributed by atoms with Gasteiger partial charge in [0.2, 0.25) is 0 Å². The van der Waals surface area contributed by atoms with Gasteiger partial charge in [0, 0.05) is 32.1 Å². The van der Waals surface area contributed by atoms with Gasteiger partial charge in [0.15, 0.2) is 0 Å². The minimum atomic E-state index is 0.847. The predicted molar refractivity (Wildman–Crippen MR) is 79.1 cm³/mol. The van der Waals surface area contributed by atoms with Crippen LogP contribution in [0.15, 0.2) is 24.7 Å². The van der Waals surface area contributed by atoms with Crippen molar-refractivity contribution in [3.63, 3.8) is 0 Å². The van der Waals surface area contributed by atoms with E-state index in [1.807, 2.05) is 19.2 Å². The summed E-state index contributed by atoms with van der Waals surface area (Å²) in [4.78, 5) is 15.3. The third-order valence-corrected chi connectivity index (χ3v) is 3.48. The summed E-state index contributed by atoms with van der Waals surface area (Å²) in [7, 11) is 3.97. The van der Waals surface area contributed by atoms with E-state index in [-0.39, 0.29) is 0 Å². The highest BCUT2D eigenvalue weighted by Crippen LogP contribution is 2.24. The summed E-state index contributed by atoms with van der Waals surface area (Å²) in [6.07, 6.45) is 4.40. The molecule has 6 heteroatoms. The summed E-state index contributed by atoms with van der Waals surface area (Å²) >= 11 is 0. The summed E-state index contributed by atoms with van der Waals surface area (Å²) in [6.45, 7) is 1.92. The maximum absolute atomic E-state index is 4.38. The van der Waals surface area contributed by atoms with Crippen LogP contribution in [0.1, 0.15) is 11.3 Å². The van der Waals surface area contributed by atoms with Crippen molar-refractivity contribution >= 4 is 17.3 Å². The van der Waals surface area contributed by atoms with Crippen LogP contribution in [-0.2, 0) is 13.0 Å². The molecule has 0 aromatic carbocycles. The molecule has 0 amide bonds. The summed E-state index contributed by atoms with van der Waals surface area (Å²) < 4.78 is 0. The second-order valence-electron chi connectivity index (χ2n) is 4.94. The summed E-state index contributed by atoms with van der Waals surface area (Å²) in [5, 5.41) is 6.34. The Morgan fingerprint density at radius 3 is 2.85 bits per heavy atom. The molecule has 0 atom stereocenters. The van der Waals surface area contributed by atoms with Crippen molar-refractivity contribution in [3.8, 4) is 0 Å². The van der Waals surface area contributed by atoms with Gasteiger partial charge in [-0.2, -0.15) is 0 Å². The minimum absolute atomic E-state index is 0.847. The predicted octanol–water partition coefficient (Wildman–Crippen LogP) is 1.64. The van der Waals surface area contributed by atoms with Gasteiger partial charge in [0.25, 0.3) is 0 Å². The van der Waals surface area contributed by atoms with Crippen LogP contribution in [0.2, 0.25) is 0 Å². The number of anilines is 3. The third-order valence-electron chi connectivity index (χ3n) is 3.48. The number of pyridine rings is 1. The number of hydrogen-bond donors (Lipinski definition) is 2. The maximum atomic E-state index is 4.38. The zero-order valence-corrected chi connectivity index (χ0v) is 11.7. The highest BCUT2D eigenvalue weighted by Gasteiger charge is 2.18. The summed E-state index contributed by atoms with van der Waals surface area (Å²) in [5.74, 6) is 1.72. The molecule has 6 nitrogen and oxygen atoms in total. The second-order valence-corrected chi connectivity index (χ2v) is 4.94. The molecule has 2 aromatic heterocycles. The summed E-state index contributed by atoms with van der Waals surface area (Å²) in [5.41, 5.74) is 3.25. The van der Waals surface area contributed by atoms with E-state index >= 15 is 0 Å². The molecule has 0 fully saturated rings. The molecular formula is C14H18N6. The van der Waals surface area contributed by atoms with Crippen molar-refractivity contribution in [1.29, 1.82) is 0 Å². The molecule has 0 bridgehead atoms. The second kappa shape index (κ2) is 5.42. The van der Waals surface area contributed by atoms with E-state index in [0.717, 1.165) is 42.5 Å². The van der Waals surface area contributed by atoms with E-state index in [1.54, 1.807) is 12.5 Å². The highest BCUT2D eigenvalue weighted by molar-refractivity contribution is 5.60. The molecule has 0 saturated carbocycles. The highest BCUT2D eigenvalue weighted by atomic mass is 15.1. The van der Waals surface area contributed by atoms with Gasteiger partial charge in [-0.05, 0) is 19.2 Å². The largest absolute Gasteiger partial charge is 0.373 e. The Kier molecular flexibility index (Phi) is 3.47. The van der Waals surface area contributed by atoms with Crippen LogP contribution in [0, 0.1) is 0 Å². The Balaban J connectivity index is 1.86. The molecule has 0 aliphatic carbocycles. The van der Waals surface area contributed by atoms with Crippen molar-refractivity contribution in [3.05, 3.63) is 35.9 Å². The van der Waals surface area contributed by atoms with Crippen molar-refractivity contribution in [2.45, 2.75) is 13.0 Å². The van der Waals surface area contributed by atoms with E-state index in [0.29, 0.717) is 0 Å². The molecule has 3 heterocycles. The van der Waals surface area contributed by atoms with Crippen LogP contribution in [0.5, 0.6) is 0 Å². The Hall–Kier alpha value is -2.21. The maximum Gasteiger partial charge on any atom is 0.138 e. The number of nitrogens with zero attached hydrogens (tertiary/aromatic N) is 4. The van der Waals surface area contributed by atoms with Crippen LogP contribution >= 0.6 is 0 Å². The van der Waals surface area contributed by atoms with E-state index in [2.05, 4.69) is 37.5 Å². The van der Waals surface area contributed by atoms with Gasteiger partial charge in [-0.25, -0.2) is 15.0 Å². The van der Waals surface area contributed by atoms with Crippen LogP contribution in [-0.4, -0.2) is 40.5 Å². The quantitative estimate of drug-likeness (QED) is 0.884. The molecule has 1 aliphatic heterocycles. The molecule has 2 N–H and O–H groups in total. The summed E-state index contributed by atoms with van der Waals surface area (Å²) in [6, 6.07) is 3.92. The average molecular weight is 270 g/mol. The SMILES string of the molecule is CNc1ccc(Nc2ncnc3c2CN(C)CC3)cn1. The molecule has 0 unspecified atom stereocenters. The number of hydrogen-bond acceptors (Lipinski definition) is 6. The van der Waals surface area contributed by atoms with E-state index < -0.39 is 0 Å². The smallest absolute Gasteiger partial charge is 0.138 e. The van der Waals surface area contributed by atoms with Gasteiger partial charge in [0.05, 0.1) is 17.6 Å². The first-order chi connectivity index (χ1) is 9.76. The Morgan fingerprint density at radius 1 is 1.20 bits per heavy atom. The van der Waals surface area contributed by atoms with Crippen LogP contribution in [0.3, 0.4) is 0 Å². The zero-order chi connectivity index (χ0) is 13.9. The zero-order valence-electron chi connectivity index (χ0n) is 11.7. The lowest BCUT2D eigenvalue weighted by Crippen LogP contribution is -2.28. The molecule has 104 valence electrons. The lowest BCUT2D eigenvalue weighted by atomic mass is 10.1. The Morgan fingerprint density at radius 2 is 2.10 bits per heavy atom. The third kappa shape index (κ3) is 2.55. The fourth-order valence-electron chi connectivity index (χ4n) is 2.34. The molecule has 0 spiro atoms. The Bertz CT molecular complexity index is 595. The van der Waals surface area contributed by atoms with Crippen molar-refractivity contribution in [2.75, 3.05) is 31.3 Å². The van der Waals surface area contributed by atoms with Crippen molar-refractivity contribution in [2.24, 2.45) is 0 Å². The number of likely N-dealkylation sites (N-methyl/N-ethyl adjacent to an activating group) is 1. The lowest BCUT2D eigenvalue weighted by molar-refractivity contribution is 0.310. The normalized spacial score (nSPS) is 14.7.